The molecule has 0 unspecified atom stereocenters. The maximum Gasteiger partial charge on any atom is 0.233 e. The van der Waals surface area contributed by atoms with Gasteiger partial charge in [0.1, 0.15) is 5.82 Å². The molecule has 1 aliphatic rings. The van der Waals surface area contributed by atoms with Crippen molar-refractivity contribution in [3.05, 3.63) is 18.5 Å². The summed E-state index contributed by atoms with van der Waals surface area (Å²) in [5, 5.41) is 15.3. The van der Waals surface area contributed by atoms with Gasteiger partial charge in [0.05, 0.1) is 5.25 Å². The molecule has 0 radical (unpaired) electrons. The lowest BCUT2D eigenvalue weighted by Gasteiger charge is -2.22. The van der Waals surface area contributed by atoms with Gasteiger partial charge in [-0.1, -0.05) is 17.8 Å². The summed E-state index contributed by atoms with van der Waals surface area (Å²) in [4.78, 5) is 11.7. The fourth-order valence-corrected chi connectivity index (χ4v) is 3.41. The molecule has 1 aromatic rings. The van der Waals surface area contributed by atoms with Crippen molar-refractivity contribution in [2.75, 3.05) is 20.1 Å². The van der Waals surface area contributed by atoms with Crippen LogP contribution >= 0.6 is 11.8 Å². The number of allylic oxidation sites excluding steroid dienone is 1. The Kier molecular flexibility index (Phi) is 5.81. The average molecular weight is 309 g/mol. The smallest absolute Gasteiger partial charge is 0.233 e. The summed E-state index contributed by atoms with van der Waals surface area (Å²) in [5.74, 6) is 1.45. The number of carbonyl (C=O) groups is 1. The lowest BCUT2D eigenvalue weighted by atomic mass is 9.97. The van der Waals surface area contributed by atoms with E-state index in [1.807, 2.05) is 13.0 Å². The molecular weight excluding hydrogens is 286 g/mol. The molecule has 2 N–H and O–H groups in total. The van der Waals surface area contributed by atoms with Gasteiger partial charge < -0.3 is 15.2 Å². The van der Waals surface area contributed by atoms with E-state index in [9.17, 15) is 4.79 Å². The fraction of sp³-hybridized carbons (Fsp3) is 0.643. The third kappa shape index (κ3) is 3.85. The Labute approximate surface area is 129 Å². The molecule has 0 aromatic carbocycles. The van der Waals surface area contributed by atoms with Crippen LogP contribution < -0.4 is 10.6 Å². The van der Waals surface area contributed by atoms with Crippen LogP contribution in [0, 0.1) is 0 Å². The maximum absolute atomic E-state index is 11.7. The van der Waals surface area contributed by atoms with Gasteiger partial charge in [-0.2, -0.15) is 0 Å². The van der Waals surface area contributed by atoms with Gasteiger partial charge in [0, 0.05) is 19.5 Å². The number of carbonyl (C=O) groups excluding carboxylic acids is 1. The van der Waals surface area contributed by atoms with Crippen molar-refractivity contribution in [3.63, 3.8) is 0 Å². The fourth-order valence-electron chi connectivity index (χ4n) is 2.48. The van der Waals surface area contributed by atoms with E-state index in [0.29, 0.717) is 12.5 Å². The summed E-state index contributed by atoms with van der Waals surface area (Å²) in [6.07, 6.45) is 4.00. The van der Waals surface area contributed by atoms with Crippen LogP contribution in [0.4, 0.5) is 0 Å². The number of hydrogen-bond acceptors (Lipinski definition) is 5. The van der Waals surface area contributed by atoms with E-state index in [1.165, 1.54) is 11.8 Å². The molecule has 1 atom stereocenters. The van der Waals surface area contributed by atoms with Crippen LogP contribution in [0.5, 0.6) is 0 Å². The van der Waals surface area contributed by atoms with E-state index in [-0.39, 0.29) is 11.2 Å². The van der Waals surface area contributed by atoms with Crippen LogP contribution in [0.15, 0.2) is 17.8 Å². The number of hydrogen-bond donors (Lipinski definition) is 2. The zero-order valence-corrected chi connectivity index (χ0v) is 13.4. The lowest BCUT2D eigenvalue weighted by molar-refractivity contribution is -0.119. The van der Waals surface area contributed by atoms with Crippen LogP contribution in [0.2, 0.25) is 0 Å². The molecule has 21 heavy (non-hydrogen) atoms. The van der Waals surface area contributed by atoms with Crippen molar-refractivity contribution in [1.29, 1.82) is 0 Å². The minimum absolute atomic E-state index is 0.00318. The van der Waals surface area contributed by atoms with Gasteiger partial charge in [-0.15, -0.1) is 16.8 Å². The first kappa shape index (κ1) is 16.0. The van der Waals surface area contributed by atoms with Crippen LogP contribution in [-0.4, -0.2) is 46.1 Å². The summed E-state index contributed by atoms with van der Waals surface area (Å²) in [7, 11) is 1.65. The second-order valence-electron chi connectivity index (χ2n) is 5.14. The predicted octanol–water partition coefficient (Wildman–Crippen LogP) is 1.16. The summed E-state index contributed by atoms with van der Waals surface area (Å²) in [6, 6.07) is 0. The number of nitrogens with zero attached hydrogens (tertiary/aromatic N) is 3. The first-order valence-electron chi connectivity index (χ1n) is 7.30. The highest BCUT2D eigenvalue weighted by atomic mass is 32.2. The molecule has 1 aromatic heterocycles. The average Bonchev–Trinajstić information content (AvgIpc) is 2.90. The van der Waals surface area contributed by atoms with Crippen LogP contribution in [0.3, 0.4) is 0 Å². The predicted molar refractivity (Wildman–Crippen MR) is 84.4 cm³/mol. The quantitative estimate of drug-likeness (QED) is 0.609. The Morgan fingerprint density at radius 1 is 1.57 bits per heavy atom. The number of nitrogens with one attached hydrogen (secondary N) is 2. The van der Waals surface area contributed by atoms with Gasteiger partial charge in [0.15, 0.2) is 5.16 Å². The summed E-state index contributed by atoms with van der Waals surface area (Å²) < 4.78 is 2.09. The van der Waals surface area contributed by atoms with Gasteiger partial charge in [-0.05, 0) is 32.9 Å². The molecule has 1 saturated heterocycles. The molecule has 0 spiro atoms. The van der Waals surface area contributed by atoms with E-state index in [2.05, 4.69) is 32.0 Å². The monoisotopic (exact) mass is 309 g/mol. The molecule has 1 fully saturated rings. The van der Waals surface area contributed by atoms with Crippen molar-refractivity contribution < 1.29 is 4.79 Å². The molecule has 2 rings (SSSR count). The van der Waals surface area contributed by atoms with Gasteiger partial charge in [0.2, 0.25) is 5.91 Å². The molecule has 1 amide bonds. The molecule has 116 valence electrons. The number of piperidine rings is 1. The second-order valence-corrected chi connectivity index (χ2v) is 6.45. The Balaban J connectivity index is 2.19. The topological polar surface area (TPSA) is 71.8 Å². The van der Waals surface area contributed by atoms with Crippen molar-refractivity contribution in [3.8, 4) is 0 Å². The second kappa shape index (κ2) is 7.61. The highest BCUT2D eigenvalue weighted by Crippen LogP contribution is 2.29. The van der Waals surface area contributed by atoms with E-state index in [1.54, 1.807) is 7.05 Å². The largest absolute Gasteiger partial charge is 0.358 e. The summed E-state index contributed by atoms with van der Waals surface area (Å²) in [5.41, 5.74) is 0. The van der Waals surface area contributed by atoms with Gasteiger partial charge in [-0.25, -0.2) is 0 Å². The van der Waals surface area contributed by atoms with Gasteiger partial charge in [0.25, 0.3) is 0 Å². The summed E-state index contributed by atoms with van der Waals surface area (Å²) in [6.45, 7) is 8.40. The third-order valence-electron chi connectivity index (χ3n) is 3.66. The van der Waals surface area contributed by atoms with E-state index >= 15 is 0 Å². The van der Waals surface area contributed by atoms with Crippen molar-refractivity contribution in [2.45, 2.75) is 42.6 Å². The molecular formula is C14H23N5OS. The minimum atomic E-state index is -0.191. The number of aromatic nitrogens is 3. The highest BCUT2D eigenvalue weighted by Gasteiger charge is 2.24. The third-order valence-corrected chi connectivity index (χ3v) is 4.74. The molecule has 7 heteroatoms. The standard InChI is InChI=1S/C14H23N5OS/c1-4-9-19-12(11-5-7-16-8-6-11)17-18-14(19)21-10(2)13(20)15-3/h4,10-11,16H,1,5-9H2,2-3H3,(H,15,20)/t10-/m1/s1. The van der Waals surface area contributed by atoms with Crippen LogP contribution in [0.25, 0.3) is 0 Å². The van der Waals surface area contributed by atoms with Gasteiger partial charge >= 0.3 is 0 Å². The Morgan fingerprint density at radius 3 is 2.90 bits per heavy atom. The van der Waals surface area contributed by atoms with Gasteiger partial charge in [-0.3, -0.25) is 4.79 Å². The first-order chi connectivity index (χ1) is 10.2. The zero-order chi connectivity index (χ0) is 15.2. The first-order valence-corrected chi connectivity index (χ1v) is 8.18. The number of thioether (sulfide) groups is 1. The Hall–Kier alpha value is -1.34. The van der Waals surface area contributed by atoms with E-state index < -0.39 is 0 Å². The molecule has 0 bridgehead atoms. The Bertz CT molecular complexity index is 496. The van der Waals surface area contributed by atoms with Crippen molar-refractivity contribution >= 4 is 17.7 Å². The number of rotatable bonds is 6. The lowest BCUT2D eigenvalue weighted by Crippen LogP contribution is -2.28. The molecule has 0 saturated carbocycles. The minimum Gasteiger partial charge on any atom is -0.358 e. The van der Waals surface area contributed by atoms with Crippen LogP contribution in [0.1, 0.15) is 31.5 Å². The van der Waals surface area contributed by atoms with E-state index in [4.69, 9.17) is 0 Å². The SMILES string of the molecule is C=CCn1c(S[C@H](C)C(=O)NC)nnc1C1CCNCC1. The van der Waals surface area contributed by atoms with Crippen molar-refractivity contribution in [1.82, 2.24) is 25.4 Å². The van der Waals surface area contributed by atoms with Crippen molar-refractivity contribution in [2.24, 2.45) is 0 Å². The number of amides is 1. The summed E-state index contributed by atoms with van der Waals surface area (Å²) >= 11 is 1.44. The molecule has 0 aliphatic carbocycles. The molecule has 6 nitrogen and oxygen atoms in total. The highest BCUT2D eigenvalue weighted by molar-refractivity contribution is 8.00. The van der Waals surface area contributed by atoms with E-state index in [0.717, 1.165) is 36.9 Å². The molecule has 1 aliphatic heterocycles. The zero-order valence-electron chi connectivity index (χ0n) is 12.6. The van der Waals surface area contributed by atoms with Crippen LogP contribution in [-0.2, 0) is 11.3 Å². The normalized spacial score (nSPS) is 17.4. The Morgan fingerprint density at radius 2 is 2.29 bits per heavy atom. The maximum atomic E-state index is 11.7. The molecule has 2 heterocycles.